The molecule has 6 heteroatoms. The van der Waals surface area contributed by atoms with Gasteiger partial charge in [-0.05, 0) is 152 Å². The van der Waals surface area contributed by atoms with Crippen molar-refractivity contribution in [3.8, 4) is 44.5 Å². The third-order valence-electron chi connectivity index (χ3n) is 12.5. The van der Waals surface area contributed by atoms with Crippen LogP contribution in [0.25, 0.3) is 66.1 Å². The van der Waals surface area contributed by atoms with Crippen molar-refractivity contribution in [2.24, 2.45) is 0 Å². The van der Waals surface area contributed by atoms with Crippen LogP contribution in [0.2, 0.25) is 0 Å². The minimum Gasteiger partial charge on any atom is -0.308 e. The van der Waals surface area contributed by atoms with E-state index < -0.39 is 0 Å². The van der Waals surface area contributed by atoms with E-state index >= 15 is 0 Å². The largest absolute Gasteiger partial charge is 0.308 e. The zero-order valence-electron chi connectivity index (χ0n) is 36.5. The third kappa shape index (κ3) is 8.14. The van der Waals surface area contributed by atoms with Gasteiger partial charge in [0, 0.05) is 33.5 Å². The van der Waals surface area contributed by atoms with Crippen molar-refractivity contribution >= 4 is 55.7 Å². The predicted molar refractivity (Wildman–Crippen MR) is 272 cm³/mol. The van der Waals surface area contributed by atoms with Crippen LogP contribution in [-0.4, -0.2) is 0 Å². The molecule has 68 heavy (non-hydrogen) atoms. The van der Waals surface area contributed by atoms with Gasteiger partial charge in [0.2, 0.25) is 0 Å². The molecule has 0 radical (unpaired) electrons. The molecule has 11 aromatic rings. The van der Waals surface area contributed by atoms with Crippen LogP contribution in [0.4, 0.5) is 51.7 Å². The summed E-state index contributed by atoms with van der Waals surface area (Å²) in [6.07, 6.45) is 0. The number of nitrogens with zero attached hydrogens (tertiary/aromatic N) is 2. The van der Waals surface area contributed by atoms with Crippen LogP contribution < -0.4 is 9.80 Å². The topological polar surface area (TPSA) is 6.48 Å². The van der Waals surface area contributed by atoms with Crippen molar-refractivity contribution in [3.63, 3.8) is 0 Å². The highest BCUT2D eigenvalue weighted by Gasteiger charge is 2.28. The minimum absolute atomic E-state index is 0.295. The fourth-order valence-corrected chi connectivity index (χ4v) is 9.15. The van der Waals surface area contributed by atoms with E-state index in [1.165, 1.54) is 48.5 Å². The summed E-state index contributed by atoms with van der Waals surface area (Å²) in [5.41, 5.74) is 12.7. The molecule has 11 aromatic carbocycles. The maximum atomic E-state index is 14.1. The molecule has 0 saturated heterocycles. The molecule has 0 aliphatic carbocycles. The predicted octanol–water partition coefficient (Wildman–Crippen LogP) is 18.2. The first kappa shape index (κ1) is 41.9. The van der Waals surface area contributed by atoms with Gasteiger partial charge in [-0.15, -0.1) is 0 Å². The van der Waals surface area contributed by atoms with E-state index in [0.29, 0.717) is 0 Å². The smallest absolute Gasteiger partial charge is 0.123 e. The summed E-state index contributed by atoms with van der Waals surface area (Å²) in [6, 6.07) is 76.2. The molecule has 326 valence electrons. The van der Waals surface area contributed by atoms with Gasteiger partial charge in [0.15, 0.2) is 0 Å². The highest BCUT2D eigenvalue weighted by molar-refractivity contribution is 6.23. The minimum atomic E-state index is -0.295. The second kappa shape index (κ2) is 17.9. The summed E-state index contributed by atoms with van der Waals surface area (Å²) < 4.78 is 56.2. The number of rotatable bonds is 10. The lowest BCUT2D eigenvalue weighted by Gasteiger charge is -2.35. The molecule has 0 fully saturated rings. The number of fused-ring (bicyclic) bond motifs is 3. The molecule has 0 atom stereocenters. The van der Waals surface area contributed by atoms with Crippen molar-refractivity contribution in [2.45, 2.75) is 0 Å². The summed E-state index contributed by atoms with van der Waals surface area (Å²) in [6.45, 7) is 0. The molecule has 0 aliphatic rings. The Labute approximate surface area is 391 Å². The van der Waals surface area contributed by atoms with Crippen molar-refractivity contribution in [2.75, 3.05) is 9.80 Å². The summed E-state index contributed by atoms with van der Waals surface area (Å²) in [5, 5.41) is 4.14. The average Bonchev–Trinajstić information content (AvgIpc) is 3.39. The molecular weight excluding hydrogens is 849 g/mol. The SMILES string of the molecule is Fc1ccc(-c2ccc(N(c3ccc(-c4ccc(F)cc4)cc3)c3c(N(c4ccc(-c5ccc(F)cc5)cc4)c4ccc(-c5ccc(F)cc5)cc4)c4ccccc4c4ccccc34)cc2)cc1. The van der Waals surface area contributed by atoms with Crippen molar-refractivity contribution < 1.29 is 17.6 Å². The highest BCUT2D eigenvalue weighted by Crippen LogP contribution is 2.53. The summed E-state index contributed by atoms with van der Waals surface area (Å²) in [5.74, 6) is -1.18. The molecule has 0 spiro atoms. The molecule has 0 heterocycles. The first-order valence-corrected chi connectivity index (χ1v) is 22.3. The number of hydrogen-bond acceptors (Lipinski definition) is 2. The van der Waals surface area contributed by atoms with Crippen molar-refractivity contribution in [1.82, 2.24) is 0 Å². The molecule has 0 aliphatic heterocycles. The molecule has 0 aromatic heterocycles. The zero-order valence-corrected chi connectivity index (χ0v) is 36.5. The summed E-state index contributed by atoms with van der Waals surface area (Å²) in [7, 11) is 0. The lowest BCUT2D eigenvalue weighted by atomic mass is 9.94. The Hall–Kier alpha value is -8.74. The van der Waals surface area contributed by atoms with E-state index in [9.17, 15) is 17.6 Å². The lowest BCUT2D eigenvalue weighted by Crippen LogP contribution is -2.18. The van der Waals surface area contributed by atoms with Gasteiger partial charge in [-0.3, -0.25) is 0 Å². The summed E-state index contributed by atoms with van der Waals surface area (Å²) >= 11 is 0. The fraction of sp³-hybridized carbons (Fsp3) is 0. The normalized spacial score (nSPS) is 11.2. The van der Waals surface area contributed by atoms with Crippen LogP contribution >= 0.6 is 0 Å². The standard InChI is InChI=1S/C62H40F4N2/c63-49-25-9-41(10-26-49)45-17-33-53(34-18-45)67(54-35-19-46(20-36-54)42-11-27-50(64)28-12-42)61-59-7-3-1-5-57(59)58-6-2-4-8-60(58)62(61)68(55-37-21-47(22-38-55)43-13-29-51(65)30-14-43)56-39-23-48(24-40-56)44-15-31-52(66)32-16-44/h1-40H. The maximum Gasteiger partial charge on any atom is 0.123 e. The molecule has 0 saturated carbocycles. The van der Waals surface area contributed by atoms with E-state index in [1.807, 2.05) is 0 Å². The molecule has 0 amide bonds. The van der Waals surface area contributed by atoms with Crippen molar-refractivity contribution in [1.29, 1.82) is 0 Å². The molecular formula is C62H40F4N2. The summed E-state index contributed by atoms with van der Waals surface area (Å²) in [4.78, 5) is 4.58. The maximum absolute atomic E-state index is 14.1. The van der Waals surface area contributed by atoms with Gasteiger partial charge >= 0.3 is 0 Å². The number of anilines is 6. The van der Waals surface area contributed by atoms with E-state index in [1.54, 1.807) is 48.5 Å². The second-order valence-corrected chi connectivity index (χ2v) is 16.7. The number of hydrogen-bond donors (Lipinski definition) is 0. The molecule has 11 rings (SSSR count). The van der Waals surface area contributed by atoms with E-state index in [4.69, 9.17) is 0 Å². The van der Waals surface area contributed by atoms with Gasteiger partial charge in [-0.2, -0.15) is 0 Å². The molecule has 2 nitrogen and oxygen atoms in total. The van der Waals surface area contributed by atoms with Gasteiger partial charge in [0.1, 0.15) is 23.3 Å². The van der Waals surface area contributed by atoms with Gasteiger partial charge in [-0.1, -0.05) is 146 Å². The fourth-order valence-electron chi connectivity index (χ4n) is 9.15. The first-order chi connectivity index (χ1) is 33.3. The van der Waals surface area contributed by atoms with E-state index in [0.717, 1.165) is 100 Å². The Balaban J connectivity index is 1.18. The van der Waals surface area contributed by atoms with Gasteiger partial charge < -0.3 is 9.80 Å². The third-order valence-corrected chi connectivity index (χ3v) is 12.5. The van der Waals surface area contributed by atoms with Crippen molar-refractivity contribution in [3.05, 3.63) is 266 Å². The highest BCUT2D eigenvalue weighted by atomic mass is 19.1. The van der Waals surface area contributed by atoms with Crippen LogP contribution in [0.15, 0.2) is 243 Å². The van der Waals surface area contributed by atoms with Crippen LogP contribution in [-0.2, 0) is 0 Å². The molecule has 0 bridgehead atoms. The second-order valence-electron chi connectivity index (χ2n) is 16.7. The van der Waals surface area contributed by atoms with E-state index in [-0.39, 0.29) is 23.3 Å². The number of halogens is 4. The van der Waals surface area contributed by atoms with Crippen LogP contribution in [0.5, 0.6) is 0 Å². The lowest BCUT2D eigenvalue weighted by molar-refractivity contribution is 0.627. The Morgan fingerprint density at radius 2 is 0.368 bits per heavy atom. The van der Waals surface area contributed by atoms with Gasteiger partial charge in [-0.25, -0.2) is 17.6 Å². The van der Waals surface area contributed by atoms with Crippen LogP contribution in [0.3, 0.4) is 0 Å². The van der Waals surface area contributed by atoms with Gasteiger partial charge in [0.05, 0.1) is 11.4 Å². The Kier molecular flexibility index (Phi) is 11.0. The Bertz CT molecular complexity index is 3120. The zero-order chi connectivity index (χ0) is 46.1. The Morgan fingerprint density at radius 1 is 0.191 bits per heavy atom. The van der Waals surface area contributed by atoms with Crippen LogP contribution in [0.1, 0.15) is 0 Å². The molecule has 0 N–H and O–H groups in total. The van der Waals surface area contributed by atoms with Gasteiger partial charge in [0.25, 0.3) is 0 Å². The van der Waals surface area contributed by atoms with Crippen LogP contribution in [0, 0.1) is 23.3 Å². The molecule has 0 unspecified atom stereocenters. The first-order valence-electron chi connectivity index (χ1n) is 22.3. The Morgan fingerprint density at radius 3 is 0.574 bits per heavy atom. The average molecular weight is 889 g/mol. The quantitative estimate of drug-likeness (QED) is 0.0767. The monoisotopic (exact) mass is 888 g/mol. The number of benzene rings is 11. The van der Waals surface area contributed by atoms with E-state index in [2.05, 4.69) is 155 Å².